The molecule has 78 valence electrons. The van der Waals surface area contributed by atoms with Crippen molar-refractivity contribution in [2.75, 3.05) is 0 Å². The van der Waals surface area contributed by atoms with E-state index in [4.69, 9.17) is 0 Å². The van der Waals surface area contributed by atoms with Gasteiger partial charge in [-0.3, -0.25) is 0 Å². The first kappa shape index (κ1) is 12.7. The minimum Gasteiger partial charge on any atom is -0.0999 e. The first-order valence-corrected chi connectivity index (χ1v) is 5.72. The van der Waals surface area contributed by atoms with Crippen molar-refractivity contribution in [3.05, 3.63) is 12.2 Å². The third-order valence-electron chi connectivity index (χ3n) is 2.62. The van der Waals surface area contributed by atoms with E-state index in [1.165, 1.54) is 31.3 Å². The molecule has 0 saturated carbocycles. The molecule has 0 heteroatoms. The van der Waals surface area contributed by atoms with E-state index in [1.807, 2.05) is 0 Å². The molecule has 0 aromatic rings. The van der Waals surface area contributed by atoms with Gasteiger partial charge in [-0.15, -0.1) is 0 Å². The number of allylic oxidation sites excluding steroid dienone is 1. The van der Waals surface area contributed by atoms with Crippen LogP contribution in [0, 0.1) is 11.8 Å². The van der Waals surface area contributed by atoms with Crippen LogP contribution in [0.1, 0.15) is 59.8 Å². The molecule has 0 heterocycles. The van der Waals surface area contributed by atoms with Crippen molar-refractivity contribution in [3.63, 3.8) is 0 Å². The zero-order valence-corrected chi connectivity index (χ0v) is 9.90. The summed E-state index contributed by atoms with van der Waals surface area (Å²) in [5.74, 6) is 1.70. The summed E-state index contributed by atoms with van der Waals surface area (Å²) in [7, 11) is 0. The molecule has 0 aromatic carbocycles. The van der Waals surface area contributed by atoms with Crippen molar-refractivity contribution in [2.24, 2.45) is 11.8 Å². The molecule has 0 bridgehead atoms. The van der Waals surface area contributed by atoms with E-state index in [9.17, 15) is 0 Å². The van der Waals surface area contributed by atoms with Gasteiger partial charge in [-0.05, 0) is 24.7 Å². The van der Waals surface area contributed by atoms with E-state index in [2.05, 4.69) is 34.3 Å². The molecule has 13 heavy (non-hydrogen) atoms. The number of hydrogen-bond donors (Lipinski definition) is 0. The second-order valence-electron chi connectivity index (χ2n) is 4.74. The Balaban J connectivity index is 3.40. The maximum absolute atomic E-state index is 4.06. The van der Waals surface area contributed by atoms with Crippen molar-refractivity contribution in [3.8, 4) is 0 Å². The molecule has 0 saturated heterocycles. The fourth-order valence-electron chi connectivity index (χ4n) is 1.61. The predicted octanol–water partition coefficient (Wildman–Crippen LogP) is 4.81. The Hall–Kier alpha value is -0.260. The van der Waals surface area contributed by atoms with Gasteiger partial charge in [0.15, 0.2) is 0 Å². The van der Waals surface area contributed by atoms with E-state index in [0.29, 0.717) is 0 Å². The normalized spacial score (nSPS) is 13.3. The summed E-state index contributed by atoms with van der Waals surface area (Å²) in [5, 5.41) is 0. The second-order valence-corrected chi connectivity index (χ2v) is 4.74. The molecular weight excluding hydrogens is 156 g/mol. The van der Waals surface area contributed by atoms with Gasteiger partial charge in [-0.1, -0.05) is 59.1 Å². The average molecular weight is 182 g/mol. The first-order chi connectivity index (χ1) is 6.06. The van der Waals surface area contributed by atoms with Crippen LogP contribution in [0.5, 0.6) is 0 Å². The molecule has 1 unspecified atom stereocenters. The van der Waals surface area contributed by atoms with Gasteiger partial charge in [0.1, 0.15) is 0 Å². The van der Waals surface area contributed by atoms with Gasteiger partial charge in [-0.2, -0.15) is 0 Å². The van der Waals surface area contributed by atoms with Gasteiger partial charge >= 0.3 is 0 Å². The highest BCUT2D eigenvalue weighted by atomic mass is 14.1. The monoisotopic (exact) mass is 182 g/mol. The van der Waals surface area contributed by atoms with Crippen molar-refractivity contribution in [1.29, 1.82) is 0 Å². The largest absolute Gasteiger partial charge is 0.0999 e. The van der Waals surface area contributed by atoms with Crippen LogP contribution in [-0.4, -0.2) is 0 Å². The van der Waals surface area contributed by atoms with Crippen LogP contribution < -0.4 is 0 Å². The van der Waals surface area contributed by atoms with Crippen LogP contribution in [0.15, 0.2) is 12.2 Å². The van der Waals surface area contributed by atoms with Gasteiger partial charge in [0.05, 0.1) is 0 Å². The summed E-state index contributed by atoms with van der Waals surface area (Å²) >= 11 is 0. The van der Waals surface area contributed by atoms with E-state index in [-0.39, 0.29) is 0 Å². The predicted molar refractivity (Wildman–Crippen MR) is 61.9 cm³/mol. The van der Waals surface area contributed by atoms with E-state index < -0.39 is 0 Å². The molecule has 0 aliphatic rings. The van der Waals surface area contributed by atoms with Crippen LogP contribution >= 0.6 is 0 Å². The molecule has 0 rings (SSSR count). The van der Waals surface area contributed by atoms with Crippen LogP contribution in [0.3, 0.4) is 0 Å². The van der Waals surface area contributed by atoms with Gasteiger partial charge < -0.3 is 0 Å². The molecule has 0 amide bonds. The summed E-state index contributed by atoms with van der Waals surface area (Å²) in [6, 6.07) is 0. The molecule has 0 aromatic heterocycles. The van der Waals surface area contributed by atoms with E-state index in [1.54, 1.807) is 0 Å². The van der Waals surface area contributed by atoms with Crippen molar-refractivity contribution in [1.82, 2.24) is 0 Å². The standard InChI is InChI=1S/C13H26/c1-6-12(4)10-13(5)9-7-8-11(2)3/h11,13H,4,6-10H2,1-3,5H3. The highest BCUT2D eigenvalue weighted by Gasteiger charge is 2.03. The molecule has 0 aliphatic heterocycles. The molecule has 0 nitrogen and oxygen atoms in total. The van der Waals surface area contributed by atoms with Crippen molar-refractivity contribution < 1.29 is 0 Å². The molecule has 0 aliphatic carbocycles. The van der Waals surface area contributed by atoms with Crippen LogP contribution in [0.4, 0.5) is 0 Å². The van der Waals surface area contributed by atoms with Crippen molar-refractivity contribution in [2.45, 2.75) is 59.8 Å². The maximum atomic E-state index is 4.06. The Morgan fingerprint density at radius 2 is 1.77 bits per heavy atom. The zero-order valence-electron chi connectivity index (χ0n) is 9.90. The van der Waals surface area contributed by atoms with Gasteiger partial charge in [0.2, 0.25) is 0 Å². The molecular formula is C13H26. The van der Waals surface area contributed by atoms with Gasteiger partial charge in [0, 0.05) is 0 Å². The fourth-order valence-corrected chi connectivity index (χ4v) is 1.61. The van der Waals surface area contributed by atoms with E-state index in [0.717, 1.165) is 18.3 Å². The Kier molecular flexibility index (Phi) is 7.03. The molecule has 0 fully saturated rings. The average Bonchev–Trinajstić information content (AvgIpc) is 2.03. The fraction of sp³-hybridized carbons (Fsp3) is 0.846. The first-order valence-electron chi connectivity index (χ1n) is 5.72. The molecule has 0 N–H and O–H groups in total. The highest BCUT2D eigenvalue weighted by Crippen LogP contribution is 2.19. The Morgan fingerprint density at radius 1 is 1.15 bits per heavy atom. The minimum atomic E-state index is 0.839. The zero-order chi connectivity index (χ0) is 10.3. The lowest BCUT2D eigenvalue weighted by molar-refractivity contribution is 0.453. The molecule has 0 radical (unpaired) electrons. The van der Waals surface area contributed by atoms with Gasteiger partial charge in [0.25, 0.3) is 0 Å². The lowest BCUT2D eigenvalue weighted by atomic mass is 9.94. The Morgan fingerprint density at radius 3 is 2.23 bits per heavy atom. The Labute approximate surface area is 84.4 Å². The van der Waals surface area contributed by atoms with Gasteiger partial charge in [-0.25, -0.2) is 0 Å². The summed E-state index contributed by atoms with van der Waals surface area (Å²) in [6.07, 6.45) is 6.51. The Bertz CT molecular complexity index is 133. The maximum Gasteiger partial charge on any atom is -0.0297 e. The van der Waals surface area contributed by atoms with E-state index >= 15 is 0 Å². The lowest BCUT2D eigenvalue weighted by Crippen LogP contribution is -1.97. The third-order valence-corrected chi connectivity index (χ3v) is 2.62. The smallest absolute Gasteiger partial charge is 0.0297 e. The molecule has 0 spiro atoms. The van der Waals surface area contributed by atoms with Crippen molar-refractivity contribution >= 4 is 0 Å². The lowest BCUT2D eigenvalue weighted by Gasteiger charge is -2.12. The quantitative estimate of drug-likeness (QED) is 0.496. The molecule has 1 atom stereocenters. The summed E-state index contributed by atoms with van der Waals surface area (Å²) in [6.45, 7) is 13.2. The highest BCUT2D eigenvalue weighted by molar-refractivity contribution is 4.93. The number of rotatable bonds is 7. The topological polar surface area (TPSA) is 0 Å². The van der Waals surface area contributed by atoms with Crippen LogP contribution in [0.25, 0.3) is 0 Å². The summed E-state index contributed by atoms with van der Waals surface area (Å²) in [4.78, 5) is 0. The van der Waals surface area contributed by atoms with Crippen LogP contribution in [-0.2, 0) is 0 Å². The third kappa shape index (κ3) is 8.08. The van der Waals surface area contributed by atoms with Crippen LogP contribution in [0.2, 0.25) is 0 Å². The second kappa shape index (κ2) is 7.17. The minimum absolute atomic E-state index is 0.839. The SMILES string of the molecule is C=C(CC)CC(C)CCCC(C)C. The summed E-state index contributed by atoms with van der Waals surface area (Å²) < 4.78 is 0. The number of hydrogen-bond acceptors (Lipinski definition) is 0. The summed E-state index contributed by atoms with van der Waals surface area (Å²) in [5.41, 5.74) is 1.41.